The Balaban J connectivity index is 0.000000312. The third-order valence-electron chi connectivity index (χ3n) is 22.5. The number of hydrogen-bond donors (Lipinski definition) is 13. The molecule has 0 radical (unpaired) electrons. The van der Waals surface area contributed by atoms with E-state index in [9.17, 15) is 72.9 Å². The summed E-state index contributed by atoms with van der Waals surface area (Å²) < 4.78 is 29.2. The number of phenols is 1. The predicted octanol–water partition coefficient (Wildman–Crippen LogP) is 5.59. The zero-order valence-corrected chi connectivity index (χ0v) is 75.6. The van der Waals surface area contributed by atoms with Crippen LogP contribution in [0.4, 0.5) is 10.5 Å². The fourth-order valence-corrected chi connectivity index (χ4v) is 19.7. The van der Waals surface area contributed by atoms with Crippen molar-refractivity contribution in [2.45, 2.75) is 203 Å². The Kier molecular flexibility index (Phi) is 38.3. The SMILES string of the molecule is CNC(=O)[C@@H]1CSSC[C@H](NC(=O)[C@H](N)Cc2ccccc2)C(=O)C[C@@H](Cc2ccc(O)cc2)C(=O)N[C@H](CC2=CCc3ccccc32)C(=O)N[C@@H](CCCCN)C(=O)N[C@@H]([C@@H](C)O)C(=O)N1.COc1cc2cc(c1Cl)N(C)C(=O)C[C@H](OC(=O)[C@H](C)N(C)C(=O)CCSSC[C@H](C)C(N)=O)[C@]1(C)O[C@H]1[C@H](C)[C@@H]1C[C@@](O)(NC(=O)O1)[C@H](OC)/C=C/C=C(\C)C2. The van der Waals surface area contributed by atoms with Crippen LogP contribution in [0.15, 0.2) is 121 Å². The summed E-state index contributed by atoms with van der Waals surface area (Å²) in [6.07, 6.45) is 2.80. The average molecular weight is 1810 g/mol. The largest absolute Gasteiger partial charge is 0.508 e. The van der Waals surface area contributed by atoms with Crippen LogP contribution in [-0.4, -0.2) is 240 Å². The molecule has 16 N–H and O–H groups in total. The Bertz CT molecular complexity index is 4530. The Morgan fingerprint density at radius 1 is 0.855 bits per heavy atom. The molecular weight excluding hydrogens is 1700 g/mol. The number of amides is 10. The van der Waals surface area contributed by atoms with Gasteiger partial charge in [-0.05, 0) is 137 Å². The van der Waals surface area contributed by atoms with Crippen molar-refractivity contribution in [3.63, 3.8) is 0 Å². The Morgan fingerprint density at radius 3 is 2.22 bits per heavy atom. The van der Waals surface area contributed by atoms with Crippen molar-refractivity contribution in [1.29, 1.82) is 0 Å². The van der Waals surface area contributed by atoms with Crippen LogP contribution >= 0.6 is 54.8 Å². The molecule has 32 nitrogen and oxygen atoms in total. The number of nitrogens with one attached hydrogen (secondary N) is 7. The molecular formula is C87H117ClN12O20S4. The number of halogens is 1. The van der Waals surface area contributed by atoms with Gasteiger partial charge in [-0.3, -0.25) is 53.3 Å². The number of Topliss-reactive ketones (excluding diaryl/α,β-unsaturated/α-hetero) is 1. The molecule has 17 atom stereocenters. The van der Waals surface area contributed by atoms with E-state index in [1.165, 1.54) is 85.7 Å². The number of aliphatic hydroxyl groups excluding tert-OH is 1. The fourth-order valence-electron chi connectivity index (χ4n) is 14.6. The smallest absolute Gasteiger partial charge is 0.409 e. The van der Waals surface area contributed by atoms with Gasteiger partial charge in [-0.1, -0.05) is 165 Å². The molecule has 4 aliphatic heterocycles. The first-order valence-corrected chi connectivity index (χ1v) is 46.4. The van der Waals surface area contributed by atoms with E-state index in [1.54, 1.807) is 64.2 Å². The normalized spacial score (nSPS) is 26.5. The summed E-state index contributed by atoms with van der Waals surface area (Å²) in [5.41, 5.74) is 20.6. The van der Waals surface area contributed by atoms with Gasteiger partial charge in [0.25, 0.3) is 0 Å². The Morgan fingerprint density at radius 2 is 1.54 bits per heavy atom. The van der Waals surface area contributed by atoms with Gasteiger partial charge in [0.2, 0.25) is 53.2 Å². The minimum absolute atomic E-state index is 0.00506. The average Bonchev–Trinajstić information content (AvgIpc) is 1.57. The first-order valence-electron chi connectivity index (χ1n) is 41.0. The molecule has 0 aromatic heterocycles. The molecule has 0 spiro atoms. The molecule has 37 heteroatoms. The van der Waals surface area contributed by atoms with Crippen LogP contribution in [0.1, 0.15) is 121 Å². The van der Waals surface area contributed by atoms with E-state index in [0.717, 1.165) is 55.0 Å². The second-order valence-corrected chi connectivity index (χ2v) is 37.4. The second kappa shape index (κ2) is 47.4. The van der Waals surface area contributed by atoms with Gasteiger partial charge < -0.3 is 97.9 Å². The number of anilines is 1. The first-order chi connectivity index (χ1) is 58.9. The summed E-state index contributed by atoms with van der Waals surface area (Å²) in [4.78, 5) is 166. The third kappa shape index (κ3) is 28.1. The summed E-state index contributed by atoms with van der Waals surface area (Å²) in [6, 6.07) is 18.0. The van der Waals surface area contributed by atoms with E-state index >= 15 is 0 Å². The highest BCUT2D eigenvalue weighted by atomic mass is 35.5. The maximum Gasteiger partial charge on any atom is 0.409 e. The molecule has 0 saturated carbocycles. The van der Waals surface area contributed by atoms with Crippen molar-refractivity contribution in [3.05, 3.63) is 154 Å². The lowest BCUT2D eigenvalue weighted by Gasteiger charge is -2.42. The number of esters is 1. The number of epoxide rings is 1. The highest BCUT2D eigenvalue weighted by molar-refractivity contribution is 8.77. The lowest BCUT2D eigenvalue weighted by atomic mass is 9.83. The molecule has 1 aliphatic carbocycles. The number of alkyl carbamates (subject to hydrolysis) is 1. The molecule has 4 aromatic carbocycles. The lowest BCUT2D eigenvalue weighted by molar-refractivity contribution is -0.162. The van der Waals surface area contributed by atoms with E-state index in [2.05, 4.69) is 37.2 Å². The molecule has 3 fully saturated rings. The van der Waals surface area contributed by atoms with E-state index in [1.807, 2.05) is 73.7 Å². The lowest BCUT2D eigenvalue weighted by Crippen LogP contribution is -2.63. The number of ketones is 1. The van der Waals surface area contributed by atoms with Crippen LogP contribution in [0.3, 0.4) is 0 Å². The van der Waals surface area contributed by atoms with Gasteiger partial charge >= 0.3 is 12.1 Å². The number of primary amides is 1. The number of carbonyl (C=O) groups is 12. The van der Waals surface area contributed by atoms with Crippen LogP contribution in [-0.2, 0) is 97.4 Å². The topological polar surface area (TPSA) is 484 Å². The van der Waals surface area contributed by atoms with Crippen LogP contribution < -0.4 is 64.1 Å². The van der Waals surface area contributed by atoms with Crippen molar-refractivity contribution in [2.24, 2.45) is 35.0 Å². The number of fused-ring (bicyclic) bond motifs is 6. The summed E-state index contributed by atoms with van der Waals surface area (Å²) in [6.45, 7) is 10.3. The van der Waals surface area contributed by atoms with Crippen molar-refractivity contribution in [2.75, 3.05) is 69.8 Å². The van der Waals surface area contributed by atoms with E-state index in [0.29, 0.717) is 60.7 Å². The number of benzene rings is 4. The Labute approximate surface area is 743 Å². The zero-order valence-electron chi connectivity index (χ0n) is 71.6. The van der Waals surface area contributed by atoms with Crippen LogP contribution in [0.25, 0.3) is 5.57 Å². The number of aliphatic hydroxyl groups is 2. The molecule has 4 heterocycles. The molecule has 9 rings (SSSR count). The fraction of sp³-hybridized carbons (Fsp3) is 0.517. The second-order valence-electron chi connectivity index (χ2n) is 31.8. The molecule has 676 valence electrons. The first kappa shape index (κ1) is 100. The van der Waals surface area contributed by atoms with E-state index < -0.39 is 167 Å². The number of methoxy groups -OCH3 is 2. The minimum Gasteiger partial charge on any atom is -0.508 e. The number of allylic oxidation sites excluding steroid dienone is 4. The zero-order chi connectivity index (χ0) is 90.9. The van der Waals surface area contributed by atoms with E-state index in [-0.39, 0.29) is 79.0 Å². The number of unbranched alkanes of at least 4 members (excludes halogenated alkanes) is 1. The predicted molar refractivity (Wildman–Crippen MR) is 478 cm³/mol. The quantitative estimate of drug-likeness (QED) is 0.0158. The molecule has 0 unspecified atom stereocenters. The standard InChI is InChI=1S/C48H62N8O9S2.C39H55ClN4O11S2/c1-28(57)42-48(65)55-40(45(62)51-2)27-67-66-26-39(54-44(61)36(50)23-29-10-4-3-5-11-29)41(59)25-33(22-30-15-19-34(58)20-16-30)43(60)53-38(24-32-18-17-31-12-6-7-13-35(31)32)47(64)52-37(46(63)56-42)14-8-9-21-49;1-21-11-10-12-29(52-9)39(50)19-28(53-37(49)42-39)23(3)34-38(5,55-34)30(18-32(46)44(7)26-16-25(15-21)17-27(51-8)33(26)40)54-36(48)24(4)43(6)31(45)13-14-56-57-20-22(2)35(41)47/h3-7,10-13,15-16,18-20,28,33,36-40,42,57-58H,8-9,14,17,21-27,49-50H2,1-2H3,(H,51,62)(H,52,64)(H,53,60)(H,54,61)(H,55,65)(H,56,63);10-12,16-17,22-24,28-30,34,50H,13-15,18-20H2,1-9H3,(H2,41,47)(H,42,49)/b;12-10+,21-11+/t28-,33-,36-,37+,38-,39+,40+,42+;22-,23+,24-,28-,29+,30-,34-,38-,39-/m10/s1. The maximum atomic E-state index is 14.7. The number of nitrogens with two attached hydrogens (primary N) is 3. The molecule has 3 saturated heterocycles. The Hall–Kier alpha value is -9.21. The summed E-state index contributed by atoms with van der Waals surface area (Å²) in [5.74, 6) is -7.34. The monoisotopic (exact) mass is 1810 g/mol. The van der Waals surface area contributed by atoms with Crippen molar-refractivity contribution < 1.29 is 96.5 Å². The van der Waals surface area contributed by atoms with Gasteiger partial charge in [0.1, 0.15) is 70.6 Å². The molecule has 4 aromatic rings. The van der Waals surface area contributed by atoms with Crippen LogP contribution in [0.2, 0.25) is 5.02 Å². The van der Waals surface area contributed by atoms with Gasteiger partial charge in [0, 0.05) is 94.7 Å². The number of carbonyl (C=O) groups excluding carboxylic acids is 12. The number of nitrogens with zero attached hydrogens (tertiary/aromatic N) is 2. The molecule has 4 bridgehead atoms. The summed E-state index contributed by atoms with van der Waals surface area (Å²) in [7, 11) is 12.5. The van der Waals surface area contributed by atoms with Crippen molar-refractivity contribution in [1.82, 2.24) is 42.1 Å². The highest BCUT2D eigenvalue weighted by Crippen LogP contribution is 2.50. The number of rotatable bonds is 26. The van der Waals surface area contributed by atoms with Gasteiger partial charge in [0.05, 0.1) is 43.5 Å². The highest BCUT2D eigenvalue weighted by Gasteiger charge is 2.65. The van der Waals surface area contributed by atoms with Gasteiger partial charge in [-0.15, -0.1) is 0 Å². The third-order valence-corrected chi connectivity index (χ3v) is 27.8. The van der Waals surface area contributed by atoms with Crippen LogP contribution in [0, 0.1) is 17.8 Å². The van der Waals surface area contributed by atoms with Gasteiger partial charge in [0.15, 0.2) is 11.5 Å². The van der Waals surface area contributed by atoms with Gasteiger partial charge in [-0.25, -0.2) is 9.59 Å². The number of ether oxygens (including phenoxy) is 5. The number of aromatic hydroxyl groups is 1. The number of phenolic OH excluding ortho intramolecular Hbond substituents is 1. The minimum atomic E-state index is -1.84. The van der Waals surface area contributed by atoms with Crippen molar-refractivity contribution in [3.8, 4) is 11.5 Å². The van der Waals surface area contributed by atoms with Crippen molar-refractivity contribution >= 4 is 137 Å². The number of hydrogen-bond acceptors (Lipinski definition) is 26. The maximum absolute atomic E-state index is 14.7. The molecule has 5 aliphatic rings. The summed E-state index contributed by atoms with van der Waals surface area (Å²) >= 11 is 6.77. The van der Waals surface area contributed by atoms with E-state index in [4.69, 9.17) is 52.5 Å². The molecule has 124 heavy (non-hydrogen) atoms. The van der Waals surface area contributed by atoms with Gasteiger partial charge in [-0.2, -0.15) is 0 Å². The molecule has 10 amide bonds. The van der Waals surface area contributed by atoms with Crippen LogP contribution in [0.5, 0.6) is 11.5 Å². The number of likely N-dealkylation sites (N-methyl/N-ethyl adjacent to an activating group) is 2. The summed E-state index contributed by atoms with van der Waals surface area (Å²) in [5, 5.41) is 51.5.